The van der Waals surface area contributed by atoms with Crippen LogP contribution in [-0.2, 0) is 0 Å². The summed E-state index contributed by atoms with van der Waals surface area (Å²) < 4.78 is 0. The van der Waals surface area contributed by atoms with E-state index in [-0.39, 0.29) is 0 Å². The Morgan fingerprint density at radius 1 is 1.00 bits per heavy atom. The second-order valence-electron chi connectivity index (χ2n) is 3.39. The third kappa shape index (κ3) is 8.53. The van der Waals surface area contributed by atoms with Crippen molar-refractivity contribution in [2.75, 3.05) is 0 Å². The number of rotatable bonds is 6. The Morgan fingerprint density at radius 2 is 1.60 bits per heavy atom. The Labute approximate surface area is 73.8 Å². The molecule has 0 unspecified atom stereocenters. The fourth-order valence-corrected chi connectivity index (χ4v) is 1.34. The Balaban J connectivity index is 2.77. The van der Waals surface area contributed by atoms with Crippen LogP contribution in [0.5, 0.6) is 0 Å². The van der Waals surface area contributed by atoms with Gasteiger partial charge in [0, 0.05) is 0 Å². The van der Waals surface area contributed by atoms with Gasteiger partial charge in [0.1, 0.15) is 0 Å². The fraction of sp³-hybridized carbons (Fsp3) is 1.00. The van der Waals surface area contributed by atoms with Crippen LogP contribution in [0.1, 0.15) is 46.0 Å². The molecule has 0 aliphatic carbocycles. The zero-order valence-electron chi connectivity index (χ0n) is 7.40. The van der Waals surface area contributed by atoms with Crippen LogP contribution in [-0.4, -0.2) is 16.3 Å². The molecule has 10 heavy (non-hydrogen) atoms. The Bertz CT molecular complexity index is 59.7. The van der Waals surface area contributed by atoms with Crippen molar-refractivity contribution in [2.45, 2.75) is 51.2 Å². The van der Waals surface area contributed by atoms with E-state index >= 15 is 0 Å². The summed E-state index contributed by atoms with van der Waals surface area (Å²) in [6, 6.07) is 0. The van der Waals surface area contributed by atoms with Gasteiger partial charge in [0.2, 0.25) is 0 Å². The van der Waals surface area contributed by atoms with E-state index in [1.165, 1.54) is 37.4 Å². The summed E-state index contributed by atoms with van der Waals surface area (Å²) in [4.78, 5) is 0. The van der Waals surface area contributed by atoms with Crippen molar-refractivity contribution in [3.8, 4) is 0 Å². The average molecular weight is 154 g/mol. The van der Waals surface area contributed by atoms with Gasteiger partial charge in [-0.25, -0.2) is 0 Å². The van der Waals surface area contributed by atoms with E-state index in [1.807, 2.05) is 0 Å². The molecule has 0 aromatic rings. The van der Waals surface area contributed by atoms with Gasteiger partial charge < -0.3 is 0 Å². The summed E-state index contributed by atoms with van der Waals surface area (Å²) in [5.41, 5.74) is 0. The van der Waals surface area contributed by atoms with Gasteiger partial charge in [-0.15, -0.1) is 0 Å². The van der Waals surface area contributed by atoms with Gasteiger partial charge in [-0.05, 0) is 0 Å². The number of hydrogen-bond donors (Lipinski definition) is 0. The molecule has 56 valence electrons. The quantitative estimate of drug-likeness (QED) is 0.407. The molecule has 0 spiro atoms. The van der Waals surface area contributed by atoms with E-state index < -0.39 is 0 Å². The van der Waals surface area contributed by atoms with Crippen LogP contribution in [0.3, 0.4) is 0 Å². The number of unbranched alkanes of at least 4 members (excludes halogenated alkanes) is 3. The SMILES string of the molecule is CC(C)CCCCC[CH2][Al+2]. The standard InChI is InChI=1S/C9H19.Al/c1-4-5-6-7-8-9(2)3;/h9H,1,4-8H2,2-3H3;/q;+2. The first-order valence-electron chi connectivity index (χ1n) is 4.47. The Morgan fingerprint density at radius 3 is 2.10 bits per heavy atom. The third-order valence-electron chi connectivity index (χ3n) is 1.74. The Kier molecular flexibility index (Phi) is 8.04. The van der Waals surface area contributed by atoms with Crippen molar-refractivity contribution < 1.29 is 0 Å². The van der Waals surface area contributed by atoms with Crippen molar-refractivity contribution in [3.05, 3.63) is 0 Å². The van der Waals surface area contributed by atoms with Gasteiger partial charge in [0.05, 0.1) is 0 Å². The molecule has 0 aromatic carbocycles. The molecule has 1 heteroatoms. The fourth-order valence-electron chi connectivity index (χ4n) is 1.05. The van der Waals surface area contributed by atoms with Crippen LogP contribution < -0.4 is 0 Å². The van der Waals surface area contributed by atoms with E-state index in [4.69, 9.17) is 0 Å². The Hall–Kier alpha value is 0.532. The molecule has 0 heterocycles. The van der Waals surface area contributed by atoms with Gasteiger partial charge >= 0.3 is 73.4 Å². The number of hydrogen-bond acceptors (Lipinski definition) is 0. The third-order valence-corrected chi connectivity index (χ3v) is 2.14. The maximum atomic E-state index is 2.78. The van der Waals surface area contributed by atoms with E-state index in [0.29, 0.717) is 0 Å². The van der Waals surface area contributed by atoms with Crippen molar-refractivity contribution in [1.29, 1.82) is 0 Å². The summed E-state index contributed by atoms with van der Waals surface area (Å²) in [5.74, 6) is 0.899. The summed E-state index contributed by atoms with van der Waals surface area (Å²) in [7, 11) is 0. The molecule has 0 aliphatic rings. The van der Waals surface area contributed by atoms with Crippen molar-refractivity contribution in [3.63, 3.8) is 0 Å². The van der Waals surface area contributed by atoms with E-state index in [0.717, 1.165) is 5.92 Å². The predicted octanol–water partition coefficient (Wildman–Crippen LogP) is 3.18. The molecule has 0 rings (SSSR count). The summed E-state index contributed by atoms with van der Waals surface area (Å²) in [5, 5.41) is 1.28. The molecular formula is C9H19Al+2. The molecule has 0 aromatic heterocycles. The van der Waals surface area contributed by atoms with Crippen molar-refractivity contribution in [1.82, 2.24) is 0 Å². The van der Waals surface area contributed by atoms with Crippen LogP contribution in [0.2, 0.25) is 5.28 Å². The molecule has 0 aliphatic heterocycles. The molecule has 0 bridgehead atoms. The zero-order chi connectivity index (χ0) is 7.82. The minimum atomic E-state index is 0.899. The second kappa shape index (κ2) is 7.64. The molecule has 0 saturated heterocycles. The monoisotopic (exact) mass is 154 g/mol. The van der Waals surface area contributed by atoms with Gasteiger partial charge in [-0.1, -0.05) is 0 Å². The van der Waals surface area contributed by atoms with Crippen LogP contribution in [0.25, 0.3) is 0 Å². The van der Waals surface area contributed by atoms with Crippen LogP contribution in [0, 0.1) is 5.92 Å². The topological polar surface area (TPSA) is 0 Å². The van der Waals surface area contributed by atoms with E-state index in [1.54, 1.807) is 0 Å². The van der Waals surface area contributed by atoms with Crippen molar-refractivity contribution >= 4 is 16.3 Å². The van der Waals surface area contributed by atoms with Gasteiger partial charge in [-0.2, -0.15) is 0 Å². The predicted molar refractivity (Wildman–Crippen MR) is 48.5 cm³/mol. The van der Waals surface area contributed by atoms with Gasteiger partial charge in [0.15, 0.2) is 0 Å². The minimum absolute atomic E-state index is 0.899. The van der Waals surface area contributed by atoms with E-state index in [2.05, 4.69) is 30.1 Å². The van der Waals surface area contributed by atoms with Gasteiger partial charge in [-0.3, -0.25) is 0 Å². The second-order valence-corrected chi connectivity index (χ2v) is 3.96. The zero-order valence-corrected chi connectivity index (χ0v) is 8.55. The molecule has 0 radical (unpaired) electrons. The maximum absolute atomic E-state index is 2.78. The molecule has 0 saturated carbocycles. The van der Waals surface area contributed by atoms with Crippen LogP contribution >= 0.6 is 0 Å². The normalized spacial score (nSPS) is 10.9. The van der Waals surface area contributed by atoms with Gasteiger partial charge in [0.25, 0.3) is 0 Å². The summed E-state index contributed by atoms with van der Waals surface area (Å²) >= 11 is 2.78. The van der Waals surface area contributed by atoms with Crippen LogP contribution in [0.15, 0.2) is 0 Å². The average Bonchev–Trinajstić information content (AvgIpc) is 1.87. The van der Waals surface area contributed by atoms with E-state index in [9.17, 15) is 0 Å². The first-order chi connectivity index (χ1) is 4.77. The summed E-state index contributed by atoms with van der Waals surface area (Å²) in [6.45, 7) is 4.60. The molecular weight excluding hydrogens is 135 g/mol. The molecule has 0 amide bonds. The first kappa shape index (κ1) is 10.5. The summed E-state index contributed by atoms with van der Waals surface area (Å²) in [6.07, 6.45) is 7.10. The molecule has 0 N–H and O–H groups in total. The van der Waals surface area contributed by atoms with Crippen molar-refractivity contribution in [2.24, 2.45) is 5.92 Å². The first-order valence-corrected chi connectivity index (χ1v) is 5.29. The van der Waals surface area contributed by atoms with Crippen LogP contribution in [0.4, 0.5) is 0 Å². The molecule has 0 atom stereocenters. The molecule has 0 nitrogen and oxygen atoms in total. The molecule has 0 fully saturated rings.